The van der Waals surface area contributed by atoms with E-state index in [2.05, 4.69) is 15.9 Å². The zero-order valence-corrected chi connectivity index (χ0v) is 9.11. The summed E-state index contributed by atoms with van der Waals surface area (Å²) in [6, 6.07) is 1.95. The first-order valence-electron chi connectivity index (χ1n) is 4.10. The predicted molar refractivity (Wildman–Crippen MR) is 55.0 cm³/mol. The van der Waals surface area contributed by atoms with Crippen molar-refractivity contribution >= 4 is 21.7 Å². The van der Waals surface area contributed by atoms with Gasteiger partial charge in [0.25, 0.3) is 0 Å². The summed E-state index contributed by atoms with van der Waals surface area (Å²) < 4.78 is 26.3. The summed E-state index contributed by atoms with van der Waals surface area (Å²) in [4.78, 5) is 0. The average molecular weight is 263 g/mol. The van der Waals surface area contributed by atoms with E-state index in [1.807, 2.05) is 0 Å². The van der Waals surface area contributed by atoms with Crippen molar-refractivity contribution in [3.8, 4) is 0 Å². The third-order valence-electron chi connectivity index (χ3n) is 1.68. The van der Waals surface area contributed by atoms with Gasteiger partial charge in [-0.3, -0.25) is 0 Å². The van der Waals surface area contributed by atoms with Gasteiger partial charge in [-0.15, -0.1) is 0 Å². The van der Waals surface area contributed by atoms with Crippen molar-refractivity contribution in [2.24, 2.45) is 0 Å². The van der Waals surface area contributed by atoms with E-state index in [4.69, 9.17) is 0 Å². The smallest absolute Gasteiger partial charge is 0.138 e. The van der Waals surface area contributed by atoms with Gasteiger partial charge in [0.05, 0.1) is 10.0 Å². The number of allylic oxidation sites excluding steroid dienone is 1. The third-order valence-corrected chi connectivity index (χ3v) is 2.29. The van der Waals surface area contributed by atoms with E-state index in [0.717, 1.165) is 12.1 Å². The molecular weight excluding hydrogens is 254 g/mol. The molecule has 1 aromatic carbocycles. The summed E-state index contributed by atoms with van der Waals surface area (Å²) in [5.41, 5.74) is -0.118. The fourth-order valence-corrected chi connectivity index (χ4v) is 1.34. The van der Waals surface area contributed by atoms with E-state index < -0.39 is 11.6 Å². The molecule has 0 amide bonds. The minimum atomic E-state index is -0.652. The maximum Gasteiger partial charge on any atom is 0.138 e. The summed E-state index contributed by atoms with van der Waals surface area (Å²) >= 11 is 2.85. The Morgan fingerprint density at radius 3 is 2.64 bits per heavy atom. The lowest BCUT2D eigenvalue weighted by Gasteiger charge is -2.03. The predicted octanol–water partition coefficient (Wildman–Crippen LogP) is 4.04. The highest BCUT2D eigenvalue weighted by Gasteiger charge is 2.10. The molecule has 0 unspecified atom stereocenters. The average Bonchev–Trinajstić information content (AvgIpc) is 2.11. The standard InChI is InChI=1S/C10H9BrF2O/c1-2-3-10(14)6-4-9(13)7(11)5-8(6)12/h3-5,14H,2H2,1H3/b10-3+. The molecule has 1 aromatic rings. The maximum atomic E-state index is 13.2. The molecule has 0 bridgehead atoms. The Labute approximate surface area is 89.2 Å². The summed E-state index contributed by atoms with van der Waals surface area (Å²) in [6.07, 6.45) is 1.98. The maximum absolute atomic E-state index is 13.2. The van der Waals surface area contributed by atoms with Gasteiger partial charge in [0.2, 0.25) is 0 Å². The van der Waals surface area contributed by atoms with Crippen LogP contribution in [-0.4, -0.2) is 5.11 Å². The van der Waals surface area contributed by atoms with Gasteiger partial charge in [0.1, 0.15) is 17.4 Å². The fraction of sp³-hybridized carbons (Fsp3) is 0.200. The zero-order valence-electron chi connectivity index (χ0n) is 7.52. The van der Waals surface area contributed by atoms with Crippen LogP contribution in [0.25, 0.3) is 5.76 Å². The molecule has 1 N–H and O–H groups in total. The van der Waals surface area contributed by atoms with Crippen LogP contribution in [-0.2, 0) is 0 Å². The van der Waals surface area contributed by atoms with Gasteiger partial charge < -0.3 is 5.11 Å². The van der Waals surface area contributed by atoms with Crippen molar-refractivity contribution in [3.05, 3.63) is 39.9 Å². The van der Waals surface area contributed by atoms with Crippen molar-refractivity contribution in [1.29, 1.82) is 0 Å². The molecule has 4 heteroatoms. The molecule has 0 heterocycles. The van der Waals surface area contributed by atoms with Crippen LogP contribution in [0.5, 0.6) is 0 Å². The van der Waals surface area contributed by atoms with Gasteiger partial charge in [-0.05, 0) is 40.6 Å². The number of benzene rings is 1. The molecule has 0 fully saturated rings. The largest absolute Gasteiger partial charge is 0.508 e. The Morgan fingerprint density at radius 2 is 2.07 bits per heavy atom. The Balaban J connectivity index is 3.22. The van der Waals surface area contributed by atoms with Crippen LogP contribution in [0.4, 0.5) is 8.78 Å². The summed E-state index contributed by atoms with van der Waals surface area (Å²) in [5.74, 6) is -1.49. The topological polar surface area (TPSA) is 20.2 Å². The lowest BCUT2D eigenvalue weighted by molar-refractivity contribution is 0.497. The monoisotopic (exact) mass is 262 g/mol. The summed E-state index contributed by atoms with van der Waals surface area (Å²) in [6.45, 7) is 1.79. The second-order valence-corrected chi connectivity index (χ2v) is 3.60. The first kappa shape index (κ1) is 11.2. The van der Waals surface area contributed by atoms with E-state index in [1.165, 1.54) is 6.08 Å². The fourth-order valence-electron chi connectivity index (χ4n) is 1.02. The van der Waals surface area contributed by atoms with Crippen LogP contribution < -0.4 is 0 Å². The highest BCUT2D eigenvalue weighted by Crippen LogP contribution is 2.23. The van der Waals surface area contributed by atoms with Crippen molar-refractivity contribution in [1.82, 2.24) is 0 Å². The van der Waals surface area contributed by atoms with Gasteiger partial charge >= 0.3 is 0 Å². The van der Waals surface area contributed by atoms with E-state index >= 15 is 0 Å². The lowest BCUT2D eigenvalue weighted by atomic mass is 10.1. The molecule has 0 aliphatic heterocycles. The Morgan fingerprint density at radius 1 is 1.43 bits per heavy atom. The second kappa shape index (κ2) is 4.55. The van der Waals surface area contributed by atoms with Crippen molar-refractivity contribution in [2.75, 3.05) is 0 Å². The van der Waals surface area contributed by atoms with Crippen LogP contribution >= 0.6 is 15.9 Å². The number of aliphatic hydroxyl groups excluding tert-OH is 1. The molecule has 0 saturated carbocycles. The van der Waals surface area contributed by atoms with Gasteiger partial charge in [-0.1, -0.05) is 6.92 Å². The summed E-state index contributed by atoms with van der Waals surface area (Å²) in [5, 5.41) is 9.36. The number of aliphatic hydroxyl groups is 1. The molecule has 0 aliphatic rings. The van der Waals surface area contributed by atoms with Gasteiger partial charge in [0.15, 0.2) is 0 Å². The molecule has 0 aromatic heterocycles. The minimum Gasteiger partial charge on any atom is -0.508 e. The number of halogens is 3. The molecule has 0 saturated heterocycles. The molecule has 0 atom stereocenters. The van der Waals surface area contributed by atoms with E-state index in [1.54, 1.807) is 6.92 Å². The molecule has 76 valence electrons. The molecule has 1 nitrogen and oxygen atoms in total. The number of hydrogen-bond acceptors (Lipinski definition) is 1. The molecule has 1 rings (SSSR count). The Bertz CT molecular complexity index is 375. The molecule has 0 spiro atoms. The van der Waals surface area contributed by atoms with Crippen molar-refractivity contribution in [2.45, 2.75) is 13.3 Å². The van der Waals surface area contributed by atoms with E-state index in [0.29, 0.717) is 6.42 Å². The van der Waals surface area contributed by atoms with Gasteiger partial charge in [0, 0.05) is 0 Å². The Hall–Kier alpha value is -0.900. The molecule has 14 heavy (non-hydrogen) atoms. The lowest BCUT2D eigenvalue weighted by Crippen LogP contribution is -1.92. The van der Waals surface area contributed by atoms with Crippen LogP contribution in [0.3, 0.4) is 0 Å². The molecule has 0 radical (unpaired) electrons. The Kier molecular flexibility index (Phi) is 3.63. The summed E-state index contributed by atoms with van der Waals surface area (Å²) in [7, 11) is 0. The van der Waals surface area contributed by atoms with Crippen molar-refractivity contribution in [3.63, 3.8) is 0 Å². The van der Waals surface area contributed by atoms with Crippen LogP contribution in [0.1, 0.15) is 18.9 Å². The third kappa shape index (κ3) is 2.32. The van der Waals surface area contributed by atoms with Crippen LogP contribution in [0.2, 0.25) is 0 Å². The molecule has 0 aliphatic carbocycles. The van der Waals surface area contributed by atoms with Crippen LogP contribution in [0.15, 0.2) is 22.7 Å². The first-order chi connectivity index (χ1) is 6.56. The van der Waals surface area contributed by atoms with Crippen molar-refractivity contribution < 1.29 is 13.9 Å². The quantitative estimate of drug-likeness (QED) is 0.630. The molecular formula is C10H9BrF2O. The van der Waals surface area contributed by atoms with E-state index in [-0.39, 0.29) is 15.8 Å². The highest BCUT2D eigenvalue weighted by atomic mass is 79.9. The normalized spacial score (nSPS) is 11.9. The van der Waals surface area contributed by atoms with Crippen LogP contribution in [0, 0.1) is 11.6 Å². The highest BCUT2D eigenvalue weighted by molar-refractivity contribution is 9.10. The number of hydrogen-bond donors (Lipinski definition) is 1. The minimum absolute atomic E-state index is 0.0445. The first-order valence-corrected chi connectivity index (χ1v) is 4.89. The van der Waals surface area contributed by atoms with Gasteiger partial charge in [-0.2, -0.15) is 0 Å². The SMILES string of the molecule is CC/C=C(/O)c1cc(F)c(Br)cc1F. The van der Waals surface area contributed by atoms with E-state index in [9.17, 15) is 13.9 Å². The zero-order chi connectivity index (χ0) is 10.7. The number of rotatable bonds is 2. The second-order valence-electron chi connectivity index (χ2n) is 2.74. The van der Waals surface area contributed by atoms with Gasteiger partial charge in [-0.25, -0.2) is 8.78 Å².